The number of benzene rings is 3. The topological polar surface area (TPSA) is 58.6 Å². The third-order valence-electron chi connectivity index (χ3n) is 4.59. The van der Waals surface area contributed by atoms with Gasteiger partial charge in [-0.05, 0) is 74.0 Å². The summed E-state index contributed by atoms with van der Waals surface area (Å²) in [5.41, 5.74) is 3.20. The summed E-state index contributed by atoms with van der Waals surface area (Å²) in [5.74, 6) is -1.53. The number of nitrogens with one attached hydrogen (secondary N) is 1. The summed E-state index contributed by atoms with van der Waals surface area (Å²) in [7, 11) is 0. The zero-order valence-corrected chi connectivity index (χ0v) is 18.0. The highest BCUT2D eigenvalue weighted by atomic mass is 19.1. The van der Waals surface area contributed by atoms with Crippen molar-refractivity contribution in [3.8, 4) is 0 Å². The van der Waals surface area contributed by atoms with Crippen LogP contribution in [0.3, 0.4) is 0 Å². The largest absolute Gasteiger partial charge is 0.452 e. The molecule has 0 unspecified atom stereocenters. The van der Waals surface area contributed by atoms with Gasteiger partial charge in [-0.15, -0.1) is 0 Å². The number of amides is 1. The predicted molar refractivity (Wildman–Crippen MR) is 125 cm³/mol. The Kier molecular flexibility index (Phi) is 7.75. The first-order valence-electron chi connectivity index (χ1n) is 10.3. The van der Waals surface area contributed by atoms with Crippen LogP contribution in [0.25, 0.3) is 6.08 Å². The number of halogens is 1. The molecule has 1 amide bonds. The molecule has 32 heavy (non-hydrogen) atoms. The lowest BCUT2D eigenvalue weighted by Crippen LogP contribution is -2.25. The first-order chi connectivity index (χ1) is 15.4. The average molecular weight is 432 g/mol. The summed E-state index contributed by atoms with van der Waals surface area (Å²) in [6.45, 7) is 3.80. The van der Waals surface area contributed by atoms with Gasteiger partial charge >= 0.3 is 5.97 Å². The Morgan fingerprint density at radius 1 is 0.969 bits per heavy atom. The van der Waals surface area contributed by atoms with Gasteiger partial charge in [0.05, 0.1) is 0 Å². The van der Waals surface area contributed by atoms with Crippen molar-refractivity contribution in [2.75, 3.05) is 16.8 Å². The van der Waals surface area contributed by atoms with Crippen LogP contribution in [0.1, 0.15) is 19.4 Å². The third-order valence-corrected chi connectivity index (χ3v) is 4.59. The molecule has 3 rings (SSSR count). The molecule has 0 spiro atoms. The van der Waals surface area contributed by atoms with Gasteiger partial charge in [-0.1, -0.05) is 30.3 Å². The molecule has 5 nitrogen and oxygen atoms in total. The van der Waals surface area contributed by atoms with Crippen molar-refractivity contribution < 1.29 is 18.7 Å². The van der Waals surface area contributed by atoms with E-state index in [9.17, 15) is 14.0 Å². The predicted octanol–water partition coefficient (Wildman–Crippen LogP) is 5.57. The molecule has 1 N–H and O–H groups in total. The van der Waals surface area contributed by atoms with Crippen LogP contribution in [-0.2, 0) is 14.3 Å². The highest BCUT2D eigenvalue weighted by molar-refractivity contribution is 5.94. The Morgan fingerprint density at radius 2 is 1.66 bits per heavy atom. The van der Waals surface area contributed by atoms with Crippen molar-refractivity contribution in [1.82, 2.24) is 0 Å². The minimum Gasteiger partial charge on any atom is -0.452 e. The van der Waals surface area contributed by atoms with Gasteiger partial charge in [-0.2, -0.15) is 0 Å². The van der Waals surface area contributed by atoms with Crippen molar-refractivity contribution in [1.29, 1.82) is 0 Å². The van der Waals surface area contributed by atoms with E-state index in [4.69, 9.17) is 4.74 Å². The number of hydrogen-bond acceptors (Lipinski definition) is 4. The van der Waals surface area contributed by atoms with Crippen LogP contribution in [0.15, 0.2) is 84.9 Å². The standard InChI is InChI=1S/C26H25FN2O3/c1-19(2)29(23-9-4-3-5-10-23)24-14-12-22(13-15-24)28-25(30)18-32-26(31)16-11-20-7-6-8-21(27)17-20/h3-17,19H,18H2,1-2H3,(H,28,30)/b16-11+. The van der Waals surface area contributed by atoms with Crippen LogP contribution >= 0.6 is 0 Å². The van der Waals surface area contributed by atoms with Gasteiger partial charge in [-0.3, -0.25) is 4.79 Å². The number of rotatable bonds is 8. The molecule has 0 saturated heterocycles. The molecule has 0 aliphatic rings. The molecule has 3 aromatic rings. The number of anilines is 3. The van der Waals surface area contributed by atoms with Crippen LogP contribution < -0.4 is 10.2 Å². The van der Waals surface area contributed by atoms with Gasteiger partial charge < -0.3 is 15.0 Å². The molecule has 3 aromatic carbocycles. The fraction of sp³-hybridized carbons (Fsp3) is 0.154. The van der Waals surface area contributed by atoms with Crippen molar-refractivity contribution in [3.63, 3.8) is 0 Å². The fourth-order valence-electron chi connectivity index (χ4n) is 3.20. The highest BCUT2D eigenvalue weighted by Gasteiger charge is 2.13. The number of ether oxygens (including phenoxy) is 1. The molecule has 0 bridgehead atoms. The van der Waals surface area contributed by atoms with Crippen molar-refractivity contribution in [2.45, 2.75) is 19.9 Å². The second-order valence-electron chi connectivity index (χ2n) is 7.39. The second kappa shape index (κ2) is 10.9. The maximum absolute atomic E-state index is 13.1. The van der Waals surface area contributed by atoms with E-state index in [1.807, 2.05) is 42.5 Å². The monoisotopic (exact) mass is 432 g/mol. The van der Waals surface area contributed by atoms with Gasteiger partial charge in [0.25, 0.3) is 5.91 Å². The minimum absolute atomic E-state index is 0.248. The van der Waals surface area contributed by atoms with Gasteiger partial charge in [0.1, 0.15) is 5.82 Å². The van der Waals surface area contributed by atoms with E-state index in [2.05, 4.69) is 24.1 Å². The van der Waals surface area contributed by atoms with Crippen LogP contribution in [0.5, 0.6) is 0 Å². The van der Waals surface area contributed by atoms with Crippen molar-refractivity contribution >= 4 is 35.0 Å². The van der Waals surface area contributed by atoms with E-state index in [0.29, 0.717) is 11.3 Å². The number of hydrogen-bond donors (Lipinski definition) is 1. The minimum atomic E-state index is -0.685. The van der Waals surface area contributed by atoms with Crippen molar-refractivity contribution in [2.24, 2.45) is 0 Å². The molecule has 0 radical (unpaired) electrons. The van der Waals surface area contributed by atoms with Gasteiger partial charge in [0.15, 0.2) is 6.61 Å². The molecule has 0 saturated carbocycles. The van der Waals surface area contributed by atoms with Crippen LogP contribution in [-0.4, -0.2) is 24.5 Å². The second-order valence-corrected chi connectivity index (χ2v) is 7.39. The molecule has 0 aliphatic carbocycles. The molecule has 0 aliphatic heterocycles. The lowest BCUT2D eigenvalue weighted by molar-refractivity contribution is -0.142. The number of carbonyl (C=O) groups is 2. The SMILES string of the molecule is CC(C)N(c1ccccc1)c1ccc(NC(=O)COC(=O)/C=C/c2cccc(F)c2)cc1. The summed E-state index contributed by atoms with van der Waals surface area (Å²) in [4.78, 5) is 26.1. The third kappa shape index (κ3) is 6.54. The molecule has 0 aromatic heterocycles. The molecular formula is C26H25FN2O3. The van der Waals surface area contributed by atoms with Crippen molar-refractivity contribution in [3.05, 3.63) is 96.3 Å². The summed E-state index contributed by atoms with van der Waals surface area (Å²) in [6, 6.07) is 23.6. The van der Waals surface area contributed by atoms with Gasteiger partial charge in [0, 0.05) is 29.2 Å². The van der Waals surface area contributed by atoms with E-state index in [-0.39, 0.29) is 6.04 Å². The van der Waals surface area contributed by atoms with Crippen LogP contribution in [0.2, 0.25) is 0 Å². The lowest BCUT2D eigenvalue weighted by atomic mass is 10.2. The lowest BCUT2D eigenvalue weighted by Gasteiger charge is -2.29. The zero-order chi connectivity index (χ0) is 22.9. The maximum atomic E-state index is 13.1. The zero-order valence-electron chi connectivity index (χ0n) is 18.0. The summed E-state index contributed by atoms with van der Waals surface area (Å²) >= 11 is 0. The molecule has 6 heteroatoms. The summed E-state index contributed by atoms with van der Waals surface area (Å²) < 4.78 is 18.1. The fourth-order valence-corrected chi connectivity index (χ4v) is 3.20. The number of nitrogens with zero attached hydrogens (tertiary/aromatic N) is 1. The first kappa shape index (κ1) is 22.7. The quantitative estimate of drug-likeness (QED) is 0.374. The molecule has 164 valence electrons. The highest BCUT2D eigenvalue weighted by Crippen LogP contribution is 2.28. The molecule has 0 fully saturated rings. The van der Waals surface area contributed by atoms with Crippen LogP contribution in [0.4, 0.5) is 21.5 Å². The van der Waals surface area contributed by atoms with E-state index in [1.54, 1.807) is 24.3 Å². The summed E-state index contributed by atoms with van der Waals surface area (Å²) in [5, 5.41) is 2.71. The number of esters is 1. The van der Waals surface area contributed by atoms with E-state index in [0.717, 1.165) is 17.5 Å². The smallest absolute Gasteiger partial charge is 0.331 e. The Morgan fingerprint density at radius 3 is 2.31 bits per heavy atom. The number of para-hydroxylation sites is 1. The van der Waals surface area contributed by atoms with E-state index < -0.39 is 24.3 Å². The number of carbonyl (C=O) groups excluding carboxylic acids is 2. The van der Waals surface area contributed by atoms with Gasteiger partial charge in [-0.25, -0.2) is 9.18 Å². The average Bonchev–Trinajstić information content (AvgIpc) is 2.78. The Balaban J connectivity index is 1.53. The van der Waals surface area contributed by atoms with Crippen LogP contribution in [0, 0.1) is 5.82 Å². The normalized spacial score (nSPS) is 10.9. The van der Waals surface area contributed by atoms with Gasteiger partial charge in [0.2, 0.25) is 0 Å². The maximum Gasteiger partial charge on any atom is 0.331 e. The first-order valence-corrected chi connectivity index (χ1v) is 10.3. The summed E-state index contributed by atoms with van der Waals surface area (Å²) in [6.07, 6.45) is 2.58. The Hall–Kier alpha value is -3.93. The molecule has 0 atom stereocenters. The van der Waals surface area contributed by atoms with E-state index >= 15 is 0 Å². The Labute approximate surface area is 187 Å². The van der Waals surface area contributed by atoms with E-state index in [1.165, 1.54) is 18.2 Å². The molecular weight excluding hydrogens is 407 g/mol. The molecule has 0 heterocycles. The Bertz CT molecular complexity index is 1080.